The summed E-state index contributed by atoms with van der Waals surface area (Å²) >= 11 is 3.05. The lowest BCUT2D eigenvalue weighted by molar-refractivity contribution is -0.116. The largest absolute Gasteiger partial charge is 0.303 e. The SMILES string of the molecule is O=C1CSC(=NN=C2c3cc(F)ccc3SCC2Cc2ccccc2)N1. The molecule has 2 aromatic carbocycles. The molecule has 26 heavy (non-hydrogen) atoms. The third-order valence-corrected chi connectivity index (χ3v) is 6.30. The fourth-order valence-corrected chi connectivity index (χ4v) is 4.75. The third kappa shape index (κ3) is 3.83. The second-order valence-electron chi connectivity index (χ2n) is 6.07. The summed E-state index contributed by atoms with van der Waals surface area (Å²) in [6.07, 6.45) is 0.812. The Morgan fingerprint density at radius 3 is 2.73 bits per heavy atom. The van der Waals surface area contributed by atoms with Crippen molar-refractivity contribution in [2.24, 2.45) is 16.1 Å². The number of carbonyl (C=O) groups is 1. The van der Waals surface area contributed by atoms with Crippen LogP contribution in [0.2, 0.25) is 0 Å². The van der Waals surface area contributed by atoms with Crippen molar-refractivity contribution < 1.29 is 9.18 Å². The average Bonchev–Trinajstić information content (AvgIpc) is 3.07. The second kappa shape index (κ2) is 7.63. The van der Waals surface area contributed by atoms with Gasteiger partial charge in [-0.05, 0) is 30.2 Å². The lowest BCUT2D eigenvalue weighted by atomic mass is 9.91. The smallest absolute Gasteiger partial charge is 0.236 e. The number of amides is 1. The van der Waals surface area contributed by atoms with Crippen LogP contribution in [0.1, 0.15) is 11.1 Å². The first-order chi connectivity index (χ1) is 12.7. The van der Waals surface area contributed by atoms with E-state index in [1.807, 2.05) is 18.2 Å². The Balaban J connectivity index is 1.70. The van der Waals surface area contributed by atoms with E-state index in [0.29, 0.717) is 10.9 Å². The minimum atomic E-state index is -0.284. The van der Waals surface area contributed by atoms with Gasteiger partial charge in [0.1, 0.15) is 5.82 Å². The molecule has 1 amide bonds. The molecule has 0 aromatic heterocycles. The molecule has 2 heterocycles. The van der Waals surface area contributed by atoms with Gasteiger partial charge in [-0.1, -0.05) is 42.1 Å². The van der Waals surface area contributed by atoms with Gasteiger partial charge in [0.2, 0.25) is 5.91 Å². The molecular weight excluding hydrogens is 369 g/mol. The summed E-state index contributed by atoms with van der Waals surface area (Å²) in [5.74, 6) is 0.992. The normalized spacial score (nSPS) is 22.5. The summed E-state index contributed by atoms with van der Waals surface area (Å²) in [6.45, 7) is 0. The zero-order chi connectivity index (χ0) is 17.9. The number of rotatable bonds is 3. The van der Waals surface area contributed by atoms with Crippen LogP contribution in [0, 0.1) is 11.7 Å². The van der Waals surface area contributed by atoms with Crippen molar-refractivity contribution in [1.82, 2.24) is 5.32 Å². The van der Waals surface area contributed by atoms with E-state index in [0.717, 1.165) is 28.3 Å². The molecule has 4 nitrogen and oxygen atoms in total. The van der Waals surface area contributed by atoms with Gasteiger partial charge in [0.15, 0.2) is 5.17 Å². The van der Waals surface area contributed by atoms with Gasteiger partial charge in [0.25, 0.3) is 0 Å². The van der Waals surface area contributed by atoms with Crippen LogP contribution in [0.25, 0.3) is 0 Å². The monoisotopic (exact) mass is 385 g/mol. The van der Waals surface area contributed by atoms with E-state index >= 15 is 0 Å². The van der Waals surface area contributed by atoms with Gasteiger partial charge >= 0.3 is 0 Å². The molecule has 0 saturated carbocycles. The summed E-state index contributed by atoms with van der Waals surface area (Å²) in [5, 5.41) is 11.8. The molecule has 2 aromatic rings. The molecule has 1 N–H and O–H groups in total. The maximum atomic E-state index is 13.9. The highest BCUT2D eigenvalue weighted by Crippen LogP contribution is 2.35. The van der Waals surface area contributed by atoms with Gasteiger partial charge in [0, 0.05) is 22.1 Å². The minimum Gasteiger partial charge on any atom is -0.303 e. The topological polar surface area (TPSA) is 53.8 Å². The number of nitrogens with one attached hydrogen (secondary N) is 1. The Bertz CT molecular complexity index is 899. The molecular formula is C19H16FN3OS2. The van der Waals surface area contributed by atoms with Crippen molar-refractivity contribution in [1.29, 1.82) is 0 Å². The number of hydrogen-bond acceptors (Lipinski definition) is 5. The molecule has 1 saturated heterocycles. The van der Waals surface area contributed by atoms with Gasteiger partial charge in [-0.3, -0.25) is 4.79 Å². The number of benzene rings is 2. The highest BCUT2D eigenvalue weighted by Gasteiger charge is 2.27. The van der Waals surface area contributed by atoms with Gasteiger partial charge in [-0.25, -0.2) is 4.39 Å². The Hall–Kier alpha value is -2.12. The highest BCUT2D eigenvalue weighted by atomic mass is 32.2. The van der Waals surface area contributed by atoms with E-state index in [2.05, 4.69) is 27.7 Å². The van der Waals surface area contributed by atoms with Gasteiger partial charge in [-0.2, -0.15) is 5.10 Å². The number of carbonyl (C=O) groups excluding carboxylic acids is 1. The number of nitrogens with zero attached hydrogens (tertiary/aromatic N) is 2. The van der Waals surface area contributed by atoms with Crippen LogP contribution in [-0.4, -0.2) is 28.3 Å². The quantitative estimate of drug-likeness (QED) is 0.820. The average molecular weight is 385 g/mol. The lowest BCUT2D eigenvalue weighted by Gasteiger charge is -2.25. The van der Waals surface area contributed by atoms with E-state index in [1.165, 1.54) is 29.5 Å². The molecule has 4 rings (SSSR count). The van der Waals surface area contributed by atoms with Crippen molar-refractivity contribution in [3.63, 3.8) is 0 Å². The van der Waals surface area contributed by atoms with Gasteiger partial charge < -0.3 is 5.32 Å². The number of fused-ring (bicyclic) bond motifs is 1. The number of halogens is 1. The summed E-state index contributed by atoms with van der Waals surface area (Å²) in [6, 6.07) is 15.0. The van der Waals surface area contributed by atoms with E-state index < -0.39 is 0 Å². The van der Waals surface area contributed by atoms with E-state index in [-0.39, 0.29) is 17.6 Å². The van der Waals surface area contributed by atoms with Crippen molar-refractivity contribution in [3.8, 4) is 0 Å². The van der Waals surface area contributed by atoms with Crippen LogP contribution in [0.5, 0.6) is 0 Å². The molecule has 0 radical (unpaired) electrons. The zero-order valence-corrected chi connectivity index (χ0v) is 15.4. The molecule has 2 aliphatic heterocycles. The van der Waals surface area contributed by atoms with Gasteiger partial charge in [0.05, 0.1) is 11.5 Å². The Morgan fingerprint density at radius 2 is 1.96 bits per heavy atom. The van der Waals surface area contributed by atoms with Crippen molar-refractivity contribution >= 4 is 40.3 Å². The molecule has 132 valence electrons. The molecule has 7 heteroatoms. The molecule has 2 aliphatic rings. The predicted molar refractivity (Wildman–Crippen MR) is 105 cm³/mol. The number of hydrogen-bond donors (Lipinski definition) is 1. The van der Waals surface area contributed by atoms with Crippen LogP contribution in [-0.2, 0) is 11.2 Å². The van der Waals surface area contributed by atoms with Crippen molar-refractivity contribution in [3.05, 3.63) is 65.5 Å². The minimum absolute atomic E-state index is 0.0690. The summed E-state index contributed by atoms with van der Waals surface area (Å²) in [4.78, 5) is 12.4. The first-order valence-corrected chi connectivity index (χ1v) is 10.2. The molecule has 1 unspecified atom stereocenters. The molecule has 1 fully saturated rings. The maximum absolute atomic E-state index is 13.9. The maximum Gasteiger partial charge on any atom is 0.236 e. The Kier molecular flexibility index (Phi) is 5.08. The lowest BCUT2D eigenvalue weighted by Crippen LogP contribution is -2.26. The fraction of sp³-hybridized carbons (Fsp3) is 0.211. The Labute approximate surface area is 159 Å². The van der Waals surface area contributed by atoms with Crippen LogP contribution in [0.3, 0.4) is 0 Å². The standard InChI is InChI=1S/C19H16FN3OS2/c20-14-6-7-16-15(9-14)18(22-23-19-21-17(24)11-26-19)13(10-25-16)8-12-4-2-1-3-5-12/h1-7,9,13H,8,10-11H2,(H,21,23,24). The first kappa shape index (κ1) is 17.3. The zero-order valence-electron chi connectivity index (χ0n) is 13.8. The van der Waals surface area contributed by atoms with E-state index in [9.17, 15) is 9.18 Å². The fourth-order valence-electron chi connectivity index (χ4n) is 2.99. The molecule has 1 atom stereocenters. The van der Waals surface area contributed by atoms with E-state index in [4.69, 9.17) is 0 Å². The Morgan fingerprint density at radius 1 is 1.12 bits per heavy atom. The van der Waals surface area contributed by atoms with Crippen LogP contribution in [0.15, 0.2) is 63.6 Å². The summed E-state index contributed by atoms with van der Waals surface area (Å²) in [7, 11) is 0. The van der Waals surface area contributed by atoms with Gasteiger partial charge in [-0.15, -0.1) is 16.9 Å². The molecule has 0 bridgehead atoms. The van der Waals surface area contributed by atoms with Crippen LogP contribution in [0.4, 0.5) is 4.39 Å². The van der Waals surface area contributed by atoms with E-state index in [1.54, 1.807) is 17.8 Å². The summed E-state index contributed by atoms with van der Waals surface area (Å²) < 4.78 is 13.9. The van der Waals surface area contributed by atoms with Crippen LogP contribution < -0.4 is 5.32 Å². The first-order valence-electron chi connectivity index (χ1n) is 8.24. The number of thioether (sulfide) groups is 2. The summed E-state index contributed by atoms with van der Waals surface area (Å²) in [5.41, 5.74) is 2.78. The second-order valence-corrected chi connectivity index (χ2v) is 8.09. The molecule has 0 spiro atoms. The van der Waals surface area contributed by atoms with Crippen LogP contribution >= 0.6 is 23.5 Å². The molecule has 0 aliphatic carbocycles. The van der Waals surface area contributed by atoms with Crippen molar-refractivity contribution in [2.45, 2.75) is 11.3 Å². The highest BCUT2D eigenvalue weighted by molar-refractivity contribution is 8.15. The number of amidine groups is 1. The van der Waals surface area contributed by atoms with Crippen molar-refractivity contribution in [2.75, 3.05) is 11.5 Å². The third-order valence-electron chi connectivity index (χ3n) is 4.20. The predicted octanol–water partition coefficient (Wildman–Crippen LogP) is 3.71.